The lowest BCUT2D eigenvalue weighted by atomic mass is 9.92. The number of hydrogen-bond donors (Lipinski definition) is 2. The van der Waals surface area contributed by atoms with Crippen molar-refractivity contribution in [2.24, 2.45) is 0 Å². The Bertz CT molecular complexity index is 320. The van der Waals surface area contributed by atoms with Gasteiger partial charge >= 0.3 is 0 Å². The summed E-state index contributed by atoms with van der Waals surface area (Å²) >= 11 is 0. The largest absolute Gasteiger partial charge is 0.530 e. The molecule has 1 fully saturated rings. The molecule has 0 aromatic heterocycles. The number of carboxylic acid groups (broad SMARTS) is 1. The average Bonchev–Trinajstić information content (AvgIpc) is 2.05. The third kappa shape index (κ3) is 4.98. The van der Waals surface area contributed by atoms with Crippen LogP contribution in [0.1, 0.15) is 25.7 Å². The molecule has 0 unspecified atom stereocenters. The first-order chi connectivity index (χ1) is 6.87. The number of nitrogens with one attached hydrogen (secondary N) is 2. The van der Waals surface area contributed by atoms with E-state index in [0.29, 0.717) is 25.7 Å². The zero-order chi connectivity index (χ0) is 11.5. The summed E-state index contributed by atoms with van der Waals surface area (Å²) in [5.41, 5.74) is 0. The molecule has 0 heterocycles. The molecule has 1 saturated carbocycles. The molecule has 0 aromatic carbocycles. The SMILES string of the molecule is CS(=O)(=O)NC1CCC(NC(=O)[O-])CC1. The number of hydrogen-bond acceptors (Lipinski definition) is 4. The predicted octanol–water partition coefficient (Wildman–Crippen LogP) is -1.22. The molecule has 1 aliphatic carbocycles. The van der Waals surface area contributed by atoms with Crippen LogP contribution in [0.15, 0.2) is 0 Å². The first-order valence-corrected chi connectivity index (χ1v) is 6.71. The van der Waals surface area contributed by atoms with Gasteiger partial charge in [0.1, 0.15) is 6.09 Å². The zero-order valence-corrected chi connectivity index (χ0v) is 9.34. The number of carbonyl (C=O) groups excluding carboxylic acids is 1. The lowest BCUT2D eigenvalue weighted by Gasteiger charge is -2.29. The van der Waals surface area contributed by atoms with E-state index in [1.807, 2.05) is 0 Å². The third-order valence-electron chi connectivity index (χ3n) is 2.43. The summed E-state index contributed by atoms with van der Waals surface area (Å²) in [6.07, 6.45) is 2.44. The maximum absolute atomic E-state index is 10.9. The highest BCUT2D eigenvalue weighted by Crippen LogP contribution is 2.18. The standard InChI is InChI=1S/C8H16N2O4S/c1-15(13,14)10-7-4-2-6(3-5-7)9-8(11)12/h6-7,9-10H,2-5H2,1H3,(H,11,12)/p-1. The first kappa shape index (κ1) is 12.3. The van der Waals surface area contributed by atoms with Crippen LogP contribution in [0.25, 0.3) is 0 Å². The summed E-state index contributed by atoms with van der Waals surface area (Å²) in [6.45, 7) is 0. The molecule has 88 valence electrons. The number of amides is 1. The fraction of sp³-hybridized carbons (Fsp3) is 0.875. The van der Waals surface area contributed by atoms with Gasteiger partial charge in [0.25, 0.3) is 0 Å². The van der Waals surface area contributed by atoms with Gasteiger partial charge in [-0.15, -0.1) is 0 Å². The summed E-state index contributed by atoms with van der Waals surface area (Å²) in [7, 11) is -3.16. The number of sulfonamides is 1. The van der Waals surface area contributed by atoms with Crippen LogP contribution in [0.5, 0.6) is 0 Å². The van der Waals surface area contributed by atoms with Gasteiger partial charge in [-0.25, -0.2) is 13.1 Å². The van der Waals surface area contributed by atoms with E-state index in [1.165, 1.54) is 0 Å². The lowest BCUT2D eigenvalue weighted by molar-refractivity contribution is -0.251. The van der Waals surface area contributed by atoms with Gasteiger partial charge in [-0.3, -0.25) is 0 Å². The van der Waals surface area contributed by atoms with Crippen LogP contribution in [0.4, 0.5) is 4.79 Å². The molecule has 1 amide bonds. The smallest absolute Gasteiger partial charge is 0.208 e. The van der Waals surface area contributed by atoms with E-state index in [-0.39, 0.29) is 12.1 Å². The van der Waals surface area contributed by atoms with Crippen molar-refractivity contribution in [3.8, 4) is 0 Å². The molecule has 1 aliphatic rings. The molecule has 0 aliphatic heterocycles. The minimum Gasteiger partial charge on any atom is -0.530 e. The van der Waals surface area contributed by atoms with Gasteiger partial charge in [0, 0.05) is 12.1 Å². The molecule has 0 saturated heterocycles. The van der Waals surface area contributed by atoms with Crippen molar-refractivity contribution in [2.75, 3.05) is 6.26 Å². The molecule has 0 bridgehead atoms. The minimum atomic E-state index is -3.16. The topological polar surface area (TPSA) is 98.3 Å². The van der Waals surface area contributed by atoms with Gasteiger partial charge in [-0.1, -0.05) is 0 Å². The maximum atomic E-state index is 10.9. The van der Waals surface area contributed by atoms with Gasteiger partial charge in [0.15, 0.2) is 0 Å². The Hall–Kier alpha value is -0.820. The monoisotopic (exact) mass is 235 g/mol. The van der Waals surface area contributed by atoms with Gasteiger partial charge in [-0.05, 0) is 25.7 Å². The maximum Gasteiger partial charge on any atom is 0.208 e. The Morgan fingerprint density at radius 1 is 1.20 bits per heavy atom. The Morgan fingerprint density at radius 3 is 2.07 bits per heavy atom. The van der Waals surface area contributed by atoms with Crippen LogP contribution in [0, 0.1) is 0 Å². The Kier molecular flexibility index (Phi) is 3.92. The summed E-state index contributed by atoms with van der Waals surface area (Å²) in [5, 5.41) is 12.5. The predicted molar refractivity (Wildman–Crippen MR) is 52.6 cm³/mol. The number of carbonyl (C=O) groups is 1. The lowest BCUT2D eigenvalue weighted by Crippen LogP contribution is -2.47. The average molecular weight is 235 g/mol. The summed E-state index contributed by atoms with van der Waals surface area (Å²) < 4.78 is 24.4. The van der Waals surface area contributed by atoms with E-state index < -0.39 is 16.1 Å². The molecule has 0 radical (unpaired) electrons. The van der Waals surface area contributed by atoms with Crippen molar-refractivity contribution in [3.05, 3.63) is 0 Å². The summed E-state index contributed by atoms with van der Waals surface area (Å²) in [6, 6.07) is -0.174. The number of rotatable bonds is 3. The molecule has 2 N–H and O–H groups in total. The molecule has 7 heteroatoms. The second-order valence-electron chi connectivity index (χ2n) is 3.87. The van der Waals surface area contributed by atoms with Crippen LogP contribution in [-0.2, 0) is 10.0 Å². The second-order valence-corrected chi connectivity index (χ2v) is 5.65. The molecule has 0 spiro atoms. The molecule has 0 aromatic rings. The Balaban J connectivity index is 2.33. The quantitative estimate of drug-likeness (QED) is 0.640. The van der Waals surface area contributed by atoms with Gasteiger partial charge in [0.2, 0.25) is 10.0 Å². The highest BCUT2D eigenvalue weighted by atomic mass is 32.2. The van der Waals surface area contributed by atoms with Crippen LogP contribution in [0.2, 0.25) is 0 Å². The molecule has 1 rings (SSSR count). The molecule has 6 nitrogen and oxygen atoms in total. The summed E-state index contributed by atoms with van der Waals surface area (Å²) in [4.78, 5) is 10.2. The van der Waals surface area contributed by atoms with Crippen molar-refractivity contribution in [1.82, 2.24) is 10.0 Å². The minimum absolute atomic E-state index is 0.0696. The van der Waals surface area contributed by atoms with Crippen LogP contribution in [-0.4, -0.2) is 32.9 Å². The molecular formula is C8H15N2O4S-. The van der Waals surface area contributed by atoms with Crippen molar-refractivity contribution >= 4 is 16.1 Å². The van der Waals surface area contributed by atoms with Gasteiger partial charge in [0.05, 0.1) is 6.26 Å². The zero-order valence-electron chi connectivity index (χ0n) is 8.52. The van der Waals surface area contributed by atoms with Crippen LogP contribution >= 0.6 is 0 Å². The Labute approximate surface area is 89.1 Å². The van der Waals surface area contributed by atoms with E-state index in [2.05, 4.69) is 10.0 Å². The van der Waals surface area contributed by atoms with Crippen molar-refractivity contribution in [3.63, 3.8) is 0 Å². The Morgan fingerprint density at radius 2 is 1.67 bits per heavy atom. The molecule has 15 heavy (non-hydrogen) atoms. The third-order valence-corrected chi connectivity index (χ3v) is 3.19. The van der Waals surface area contributed by atoms with Crippen LogP contribution < -0.4 is 15.1 Å². The van der Waals surface area contributed by atoms with E-state index in [0.717, 1.165) is 6.26 Å². The van der Waals surface area contributed by atoms with E-state index in [1.54, 1.807) is 0 Å². The van der Waals surface area contributed by atoms with Crippen molar-refractivity contribution in [2.45, 2.75) is 37.8 Å². The van der Waals surface area contributed by atoms with E-state index >= 15 is 0 Å². The highest BCUT2D eigenvalue weighted by molar-refractivity contribution is 7.88. The summed E-state index contributed by atoms with van der Waals surface area (Å²) in [5.74, 6) is 0. The fourth-order valence-corrected chi connectivity index (χ4v) is 2.67. The van der Waals surface area contributed by atoms with E-state index in [4.69, 9.17) is 0 Å². The molecule has 0 atom stereocenters. The normalized spacial score (nSPS) is 27.3. The molecular weight excluding hydrogens is 220 g/mol. The second kappa shape index (κ2) is 4.80. The highest BCUT2D eigenvalue weighted by Gasteiger charge is 2.22. The first-order valence-electron chi connectivity index (χ1n) is 4.81. The van der Waals surface area contributed by atoms with Crippen molar-refractivity contribution in [1.29, 1.82) is 0 Å². The van der Waals surface area contributed by atoms with Gasteiger partial charge < -0.3 is 15.2 Å². The van der Waals surface area contributed by atoms with Crippen LogP contribution in [0.3, 0.4) is 0 Å². The van der Waals surface area contributed by atoms with Gasteiger partial charge in [-0.2, -0.15) is 0 Å². The van der Waals surface area contributed by atoms with Crippen molar-refractivity contribution < 1.29 is 18.3 Å². The fourth-order valence-electron chi connectivity index (χ4n) is 1.83. The van der Waals surface area contributed by atoms with E-state index in [9.17, 15) is 18.3 Å².